The van der Waals surface area contributed by atoms with Crippen molar-refractivity contribution in [2.24, 2.45) is 0 Å². The van der Waals surface area contributed by atoms with Crippen LogP contribution in [0.15, 0.2) is 40.5 Å². The molecule has 0 bridgehead atoms. The standard InChI is InChI=1S/C22H29FN2O4S/c1-4-30-21-20(22(26)27)15(2)11-19(24-7-9-29-10-8-24)25(21)13-16-5-6-18(23)17(12-16)14-28-3/h5-6,11-12,19H,4,7-10,13-14H2,1-3H3,(H,26,27). The summed E-state index contributed by atoms with van der Waals surface area (Å²) in [6, 6.07) is 5.01. The number of methoxy groups -OCH3 is 1. The average Bonchev–Trinajstić information content (AvgIpc) is 2.73. The molecule has 6 nitrogen and oxygen atoms in total. The number of carboxylic acid groups (broad SMARTS) is 1. The van der Waals surface area contributed by atoms with Crippen LogP contribution in [0.5, 0.6) is 0 Å². The van der Waals surface area contributed by atoms with Crippen molar-refractivity contribution in [2.45, 2.75) is 33.2 Å². The van der Waals surface area contributed by atoms with Crippen LogP contribution < -0.4 is 0 Å². The minimum absolute atomic E-state index is 0.0815. The lowest BCUT2D eigenvalue weighted by Crippen LogP contribution is -2.52. The molecule has 3 rings (SSSR count). The highest BCUT2D eigenvalue weighted by atomic mass is 32.2. The highest BCUT2D eigenvalue weighted by Crippen LogP contribution is 2.37. The maximum Gasteiger partial charge on any atom is 0.338 e. The summed E-state index contributed by atoms with van der Waals surface area (Å²) in [6.07, 6.45) is 1.94. The number of morpholine rings is 1. The molecule has 1 saturated heterocycles. The van der Waals surface area contributed by atoms with Crippen molar-refractivity contribution in [3.63, 3.8) is 0 Å². The molecule has 164 valence electrons. The number of carbonyl (C=O) groups is 1. The van der Waals surface area contributed by atoms with Crippen molar-refractivity contribution in [3.05, 3.63) is 57.4 Å². The summed E-state index contributed by atoms with van der Waals surface area (Å²) in [5.74, 6) is -0.474. The molecule has 1 fully saturated rings. The third kappa shape index (κ3) is 5.06. The number of nitrogens with zero attached hydrogens (tertiary/aromatic N) is 2. The Bertz CT molecular complexity index is 836. The SMILES string of the molecule is CCSC1=C(C(=O)O)C(C)=CC(N2CCOCC2)N1Cc1ccc(F)c(COC)c1. The van der Waals surface area contributed by atoms with E-state index in [9.17, 15) is 14.3 Å². The van der Waals surface area contributed by atoms with Crippen LogP contribution in [0.1, 0.15) is 25.0 Å². The molecular formula is C22H29FN2O4S. The number of hydrogen-bond acceptors (Lipinski definition) is 6. The lowest BCUT2D eigenvalue weighted by molar-refractivity contribution is -0.132. The first kappa shape index (κ1) is 22.8. The van der Waals surface area contributed by atoms with Crippen LogP contribution >= 0.6 is 11.8 Å². The monoisotopic (exact) mass is 436 g/mol. The van der Waals surface area contributed by atoms with Crippen LogP contribution in [-0.2, 0) is 27.4 Å². The third-order valence-corrected chi connectivity index (χ3v) is 6.27. The van der Waals surface area contributed by atoms with Crippen LogP contribution in [0.2, 0.25) is 0 Å². The predicted molar refractivity (Wildman–Crippen MR) is 115 cm³/mol. The summed E-state index contributed by atoms with van der Waals surface area (Å²) in [7, 11) is 1.54. The predicted octanol–water partition coefficient (Wildman–Crippen LogP) is 3.44. The van der Waals surface area contributed by atoms with E-state index in [0.717, 1.165) is 35.0 Å². The van der Waals surface area contributed by atoms with Crippen molar-refractivity contribution >= 4 is 17.7 Å². The van der Waals surface area contributed by atoms with Gasteiger partial charge in [-0.05, 0) is 42.0 Å². The van der Waals surface area contributed by atoms with E-state index >= 15 is 0 Å². The van der Waals surface area contributed by atoms with Crippen molar-refractivity contribution in [1.29, 1.82) is 0 Å². The van der Waals surface area contributed by atoms with Crippen molar-refractivity contribution in [3.8, 4) is 0 Å². The zero-order chi connectivity index (χ0) is 21.7. The summed E-state index contributed by atoms with van der Waals surface area (Å²) in [5, 5.41) is 10.6. The quantitative estimate of drug-likeness (QED) is 0.670. The molecule has 30 heavy (non-hydrogen) atoms. The second-order valence-corrected chi connectivity index (χ2v) is 8.57. The fourth-order valence-electron chi connectivity index (χ4n) is 3.88. The molecule has 1 aromatic carbocycles. The van der Waals surface area contributed by atoms with Gasteiger partial charge >= 0.3 is 5.97 Å². The molecule has 0 aromatic heterocycles. The van der Waals surface area contributed by atoms with E-state index in [2.05, 4.69) is 9.80 Å². The van der Waals surface area contributed by atoms with E-state index in [4.69, 9.17) is 9.47 Å². The first-order valence-corrected chi connectivity index (χ1v) is 11.1. The minimum atomic E-state index is -0.927. The van der Waals surface area contributed by atoms with Crippen molar-refractivity contribution < 1.29 is 23.8 Å². The van der Waals surface area contributed by atoms with Crippen molar-refractivity contribution in [1.82, 2.24) is 9.80 Å². The average molecular weight is 437 g/mol. The molecule has 1 N–H and O–H groups in total. The van der Waals surface area contributed by atoms with Gasteiger partial charge in [-0.3, -0.25) is 4.90 Å². The molecule has 0 aliphatic carbocycles. The molecule has 2 aliphatic rings. The van der Waals surface area contributed by atoms with Gasteiger partial charge in [-0.25, -0.2) is 9.18 Å². The summed E-state index contributed by atoms with van der Waals surface area (Å²) in [4.78, 5) is 16.5. The van der Waals surface area contributed by atoms with E-state index in [-0.39, 0.29) is 18.6 Å². The third-order valence-electron chi connectivity index (χ3n) is 5.27. The number of benzene rings is 1. The Morgan fingerprint density at radius 3 is 2.73 bits per heavy atom. The molecule has 0 spiro atoms. The normalized spacial score (nSPS) is 20.5. The topological polar surface area (TPSA) is 62.2 Å². The highest BCUT2D eigenvalue weighted by molar-refractivity contribution is 8.03. The summed E-state index contributed by atoms with van der Waals surface area (Å²) < 4.78 is 24.7. The fraction of sp³-hybridized carbons (Fsp3) is 0.500. The highest BCUT2D eigenvalue weighted by Gasteiger charge is 2.34. The molecule has 1 aromatic rings. The van der Waals surface area contributed by atoms with E-state index < -0.39 is 5.97 Å². The van der Waals surface area contributed by atoms with Gasteiger partial charge in [0.15, 0.2) is 0 Å². The van der Waals surface area contributed by atoms with Gasteiger partial charge in [-0.1, -0.05) is 13.0 Å². The van der Waals surface area contributed by atoms with E-state index in [1.54, 1.807) is 12.1 Å². The number of carboxylic acids is 1. The molecule has 0 amide bonds. The van der Waals surface area contributed by atoms with Gasteiger partial charge in [0.1, 0.15) is 12.0 Å². The molecule has 0 saturated carbocycles. The Hall–Kier alpha value is -1.87. The Kier molecular flexibility index (Phi) is 7.93. The molecule has 8 heteroatoms. The van der Waals surface area contributed by atoms with Crippen LogP contribution in [-0.4, -0.2) is 66.2 Å². The first-order chi connectivity index (χ1) is 14.5. The maximum atomic E-state index is 14.1. The number of halogens is 1. The van der Waals surface area contributed by atoms with Gasteiger partial charge in [-0.2, -0.15) is 0 Å². The number of rotatable bonds is 8. The molecular weight excluding hydrogens is 407 g/mol. The second-order valence-electron chi connectivity index (χ2n) is 7.32. The molecule has 1 atom stereocenters. The smallest absolute Gasteiger partial charge is 0.338 e. The summed E-state index contributed by atoms with van der Waals surface area (Å²) in [6.45, 7) is 7.39. The van der Waals surface area contributed by atoms with Gasteiger partial charge in [0.25, 0.3) is 0 Å². The van der Waals surface area contributed by atoms with Crippen LogP contribution in [0.3, 0.4) is 0 Å². The van der Waals surface area contributed by atoms with Crippen LogP contribution in [0, 0.1) is 5.82 Å². The summed E-state index contributed by atoms with van der Waals surface area (Å²) >= 11 is 1.53. The number of thioether (sulfide) groups is 1. The first-order valence-electron chi connectivity index (χ1n) is 10.1. The largest absolute Gasteiger partial charge is 0.478 e. The van der Waals surface area contributed by atoms with Gasteiger partial charge in [-0.15, -0.1) is 11.8 Å². The Labute approximate surface area is 181 Å². The Morgan fingerprint density at radius 2 is 2.10 bits per heavy atom. The van der Waals surface area contributed by atoms with Gasteiger partial charge in [0.2, 0.25) is 0 Å². The fourth-order valence-corrected chi connectivity index (χ4v) is 4.88. The van der Waals surface area contributed by atoms with Crippen molar-refractivity contribution in [2.75, 3.05) is 39.2 Å². The molecule has 0 radical (unpaired) electrons. The zero-order valence-corrected chi connectivity index (χ0v) is 18.5. The van der Waals surface area contributed by atoms with Crippen LogP contribution in [0.25, 0.3) is 0 Å². The second kappa shape index (κ2) is 10.4. The number of ether oxygens (including phenoxy) is 2. The number of aliphatic carboxylic acids is 1. The zero-order valence-electron chi connectivity index (χ0n) is 17.7. The van der Waals surface area contributed by atoms with E-state index in [1.807, 2.05) is 19.9 Å². The van der Waals surface area contributed by atoms with Gasteiger partial charge in [0.05, 0.1) is 30.4 Å². The van der Waals surface area contributed by atoms with Gasteiger partial charge in [0, 0.05) is 32.3 Å². The van der Waals surface area contributed by atoms with Gasteiger partial charge < -0.3 is 19.5 Å². The Morgan fingerprint density at radius 1 is 1.37 bits per heavy atom. The molecule has 2 heterocycles. The lowest BCUT2D eigenvalue weighted by atomic mass is 10.0. The van der Waals surface area contributed by atoms with E-state index in [0.29, 0.717) is 30.9 Å². The minimum Gasteiger partial charge on any atom is -0.478 e. The van der Waals surface area contributed by atoms with Crippen LogP contribution in [0.4, 0.5) is 4.39 Å². The maximum absolute atomic E-state index is 14.1. The van der Waals surface area contributed by atoms with E-state index in [1.165, 1.54) is 24.9 Å². The summed E-state index contributed by atoms with van der Waals surface area (Å²) in [5.41, 5.74) is 2.51. The number of hydrogen-bond donors (Lipinski definition) is 1. The Balaban J connectivity index is 2.01. The molecule has 1 unspecified atom stereocenters. The lowest BCUT2D eigenvalue weighted by Gasteiger charge is -2.44. The molecule has 2 aliphatic heterocycles.